The van der Waals surface area contributed by atoms with Crippen LogP contribution in [0.15, 0.2) is 174 Å². The van der Waals surface area contributed by atoms with E-state index < -0.39 is 42.3 Å². The van der Waals surface area contributed by atoms with E-state index in [1.54, 1.807) is 0 Å². The maximum Gasteiger partial charge on any atom is 0.136 e. The molecule has 0 atom stereocenters. The molecule has 9 aromatic rings. The van der Waals surface area contributed by atoms with Gasteiger partial charge in [-0.15, -0.1) is 0 Å². The molecule has 0 N–H and O–H groups in total. The van der Waals surface area contributed by atoms with Gasteiger partial charge in [-0.3, -0.25) is 0 Å². The largest absolute Gasteiger partial charge is 0.456 e. The molecule has 8 aromatic carbocycles. The molecule has 210 valence electrons. The fourth-order valence-corrected chi connectivity index (χ4v) is 6.52. The lowest BCUT2D eigenvalue weighted by Gasteiger charge is -2.18. The number of hydrogen-bond acceptors (Lipinski definition) is 1. The minimum absolute atomic E-state index is 0.0422. The summed E-state index contributed by atoms with van der Waals surface area (Å²) >= 11 is 0. The molecular formula is C44H28O. The lowest BCUT2D eigenvalue weighted by Crippen LogP contribution is -1.91. The summed E-state index contributed by atoms with van der Waals surface area (Å²) in [6.07, 6.45) is 0. The molecule has 1 heterocycles. The molecule has 0 aliphatic rings. The van der Waals surface area contributed by atoms with Crippen molar-refractivity contribution in [1.29, 1.82) is 0 Å². The second-order valence-corrected chi connectivity index (χ2v) is 10.9. The van der Waals surface area contributed by atoms with Crippen LogP contribution in [0.2, 0.25) is 0 Å². The maximum absolute atomic E-state index is 9.53. The van der Waals surface area contributed by atoms with E-state index in [2.05, 4.69) is 24.3 Å². The van der Waals surface area contributed by atoms with Gasteiger partial charge in [0.25, 0.3) is 0 Å². The van der Waals surface area contributed by atoms with Crippen LogP contribution in [0.5, 0.6) is 0 Å². The highest BCUT2D eigenvalue weighted by Crippen LogP contribution is 2.46. The minimum Gasteiger partial charge on any atom is -0.456 e. The number of hydrogen-bond donors (Lipinski definition) is 0. The van der Waals surface area contributed by atoms with Crippen LogP contribution >= 0.6 is 0 Å². The first-order valence-corrected chi connectivity index (χ1v) is 14.7. The molecule has 1 nitrogen and oxygen atoms in total. The molecule has 0 unspecified atom stereocenters. The summed E-state index contributed by atoms with van der Waals surface area (Å²) in [4.78, 5) is 0. The Labute approximate surface area is 274 Å². The summed E-state index contributed by atoms with van der Waals surface area (Å²) in [5.74, 6) is 0. The van der Waals surface area contributed by atoms with Gasteiger partial charge >= 0.3 is 0 Å². The van der Waals surface area contributed by atoms with Crippen molar-refractivity contribution in [2.45, 2.75) is 0 Å². The number of rotatable bonds is 4. The first kappa shape index (κ1) is 18.0. The van der Waals surface area contributed by atoms with Gasteiger partial charge in [-0.2, -0.15) is 0 Å². The van der Waals surface area contributed by atoms with Gasteiger partial charge in [0.2, 0.25) is 0 Å². The lowest BCUT2D eigenvalue weighted by molar-refractivity contribution is 0.669. The van der Waals surface area contributed by atoms with Gasteiger partial charge in [0, 0.05) is 10.8 Å². The summed E-state index contributed by atoms with van der Waals surface area (Å²) in [5, 5.41) is 4.99. The SMILES string of the molecule is [2H]c1c([2H])c([2H])c(-c2c([2H])c([2H])c([2H])c(-c3c4ccccc4c(-c4ccc5oc6cccc(-c7ccccc7)c6c5c4)c4ccccc34)c2[2H])c([2H])c1[2H]. The lowest BCUT2D eigenvalue weighted by atomic mass is 9.85. The molecule has 0 bridgehead atoms. The summed E-state index contributed by atoms with van der Waals surface area (Å²) in [5.41, 5.74) is 5.40. The Morgan fingerprint density at radius 3 is 1.73 bits per heavy atom. The molecule has 9 rings (SSSR count). The van der Waals surface area contributed by atoms with Gasteiger partial charge in [0.05, 0.1) is 12.3 Å². The summed E-state index contributed by atoms with van der Waals surface area (Å²) in [6, 6.07) is 33.0. The van der Waals surface area contributed by atoms with Gasteiger partial charge in [-0.05, 0) is 90.3 Å². The van der Waals surface area contributed by atoms with E-state index in [1.165, 1.54) is 0 Å². The first-order chi connectivity index (χ1) is 26.1. The van der Waals surface area contributed by atoms with E-state index in [-0.39, 0.29) is 28.8 Å². The van der Waals surface area contributed by atoms with Crippen LogP contribution in [-0.2, 0) is 0 Å². The molecular weight excluding hydrogens is 544 g/mol. The molecule has 1 aromatic heterocycles. The van der Waals surface area contributed by atoms with Crippen molar-refractivity contribution in [2.24, 2.45) is 0 Å². The van der Waals surface area contributed by atoms with Crippen LogP contribution < -0.4 is 0 Å². The summed E-state index contributed by atoms with van der Waals surface area (Å²) in [7, 11) is 0. The zero-order valence-corrected chi connectivity index (χ0v) is 23.9. The maximum atomic E-state index is 9.53. The predicted molar refractivity (Wildman–Crippen MR) is 190 cm³/mol. The van der Waals surface area contributed by atoms with Crippen molar-refractivity contribution < 1.29 is 16.8 Å². The summed E-state index contributed by atoms with van der Waals surface area (Å²) < 4.78 is 84.8. The van der Waals surface area contributed by atoms with Crippen LogP contribution in [0.4, 0.5) is 0 Å². The molecule has 0 amide bonds. The minimum atomic E-state index is -0.605. The van der Waals surface area contributed by atoms with Gasteiger partial charge in [-0.1, -0.05) is 145 Å². The molecule has 0 saturated carbocycles. The smallest absolute Gasteiger partial charge is 0.136 e. The van der Waals surface area contributed by atoms with E-state index in [0.717, 1.165) is 55.0 Å². The van der Waals surface area contributed by atoms with E-state index in [1.807, 2.05) is 91.0 Å². The van der Waals surface area contributed by atoms with Gasteiger partial charge in [0.15, 0.2) is 0 Å². The molecule has 45 heavy (non-hydrogen) atoms. The van der Waals surface area contributed by atoms with E-state index in [0.29, 0.717) is 16.3 Å². The molecule has 0 aliphatic heterocycles. The van der Waals surface area contributed by atoms with Crippen LogP contribution in [0.25, 0.3) is 88.0 Å². The third kappa shape index (κ3) is 4.17. The molecule has 1 heteroatoms. The number of furan rings is 1. The standard InChI is InChI=1S/C44H28O/c1-3-13-29(14-4-1)31-17-11-18-32(27-31)42-35-19-7-9-21-37(35)43(38-22-10-8-20-36(38)42)33-25-26-40-39(28-33)44-34(23-12-24-41(44)45-40)30-15-5-2-6-16-30/h1-28H/i1D,3D,4D,11D,13D,14D,17D,18D,27D. The average Bonchev–Trinajstić information content (AvgIpc) is 3.58. The van der Waals surface area contributed by atoms with Crippen LogP contribution in [0.1, 0.15) is 12.3 Å². The molecule has 0 radical (unpaired) electrons. The van der Waals surface area contributed by atoms with Gasteiger partial charge in [0.1, 0.15) is 11.2 Å². The molecule has 0 spiro atoms. The van der Waals surface area contributed by atoms with Crippen molar-refractivity contribution in [3.63, 3.8) is 0 Å². The third-order valence-corrected chi connectivity index (χ3v) is 8.42. The van der Waals surface area contributed by atoms with E-state index >= 15 is 0 Å². The Balaban J connectivity index is 1.37. The summed E-state index contributed by atoms with van der Waals surface area (Å²) in [6.45, 7) is 0. The highest BCUT2D eigenvalue weighted by molar-refractivity contribution is 6.22. The highest BCUT2D eigenvalue weighted by Gasteiger charge is 2.19. The Hall–Kier alpha value is -5.92. The first-order valence-electron chi connectivity index (χ1n) is 19.2. The predicted octanol–water partition coefficient (Wildman–Crippen LogP) is 12.6. The molecule has 0 saturated heterocycles. The molecule has 0 aliphatic carbocycles. The monoisotopic (exact) mass is 581 g/mol. The average molecular weight is 582 g/mol. The van der Waals surface area contributed by atoms with Crippen molar-refractivity contribution in [1.82, 2.24) is 0 Å². The Morgan fingerprint density at radius 1 is 0.400 bits per heavy atom. The Bertz CT molecular complexity index is 2960. The Kier molecular flexibility index (Phi) is 4.15. The van der Waals surface area contributed by atoms with Crippen molar-refractivity contribution >= 4 is 43.5 Å². The van der Waals surface area contributed by atoms with Crippen molar-refractivity contribution in [2.75, 3.05) is 0 Å². The second-order valence-electron chi connectivity index (χ2n) is 10.9. The van der Waals surface area contributed by atoms with Crippen molar-refractivity contribution in [3.05, 3.63) is 170 Å². The third-order valence-electron chi connectivity index (χ3n) is 8.42. The second kappa shape index (κ2) is 10.4. The normalized spacial score (nSPS) is 14.4. The van der Waals surface area contributed by atoms with E-state index in [4.69, 9.17) is 14.0 Å². The highest BCUT2D eigenvalue weighted by atomic mass is 16.3. The van der Waals surface area contributed by atoms with E-state index in [9.17, 15) is 2.74 Å². The fourth-order valence-electron chi connectivity index (χ4n) is 6.52. The van der Waals surface area contributed by atoms with Crippen LogP contribution in [-0.4, -0.2) is 0 Å². The zero-order valence-electron chi connectivity index (χ0n) is 32.9. The quantitative estimate of drug-likeness (QED) is 0.188. The molecule has 0 fully saturated rings. The van der Waals surface area contributed by atoms with Crippen LogP contribution in [0.3, 0.4) is 0 Å². The Morgan fingerprint density at radius 2 is 1.02 bits per heavy atom. The topological polar surface area (TPSA) is 13.1 Å². The van der Waals surface area contributed by atoms with Crippen LogP contribution in [0, 0.1) is 0 Å². The van der Waals surface area contributed by atoms with Gasteiger partial charge < -0.3 is 4.42 Å². The van der Waals surface area contributed by atoms with Crippen molar-refractivity contribution in [3.8, 4) is 44.5 Å². The zero-order chi connectivity index (χ0) is 37.6. The fraction of sp³-hybridized carbons (Fsp3) is 0. The van der Waals surface area contributed by atoms with Gasteiger partial charge in [-0.25, -0.2) is 0 Å². The number of fused-ring (bicyclic) bond motifs is 5. The number of benzene rings is 8.